The fraction of sp³-hybridized carbons (Fsp3) is 0.333. The molecule has 0 aliphatic rings. The number of pyridine rings is 1. The Labute approximate surface area is 123 Å². The average Bonchev–Trinajstić information content (AvgIpc) is 2.81. The Bertz CT molecular complexity index is 607. The summed E-state index contributed by atoms with van der Waals surface area (Å²) in [6.07, 6.45) is 1.56. The van der Waals surface area contributed by atoms with Crippen LogP contribution in [-0.4, -0.2) is 21.8 Å². The molecule has 2 aromatic heterocycles. The summed E-state index contributed by atoms with van der Waals surface area (Å²) in [6, 6.07) is 7.18. The second-order valence-corrected chi connectivity index (χ2v) is 5.24. The van der Waals surface area contributed by atoms with Crippen LogP contribution in [0.1, 0.15) is 35.7 Å². The molecular weight excluding hydrogens is 276 g/mol. The zero-order valence-electron chi connectivity index (χ0n) is 11.8. The SMILES string of the molecule is Cc1ccc(CN(C(=O)c2cccnc2Cl)C(C)C)o1. The van der Waals surface area contributed by atoms with Gasteiger partial charge in [0, 0.05) is 12.2 Å². The molecule has 106 valence electrons. The Morgan fingerprint density at radius 3 is 2.70 bits per heavy atom. The monoisotopic (exact) mass is 292 g/mol. The number of nitrogens with zero attached hydrogens (tertiary/aromatic N) is 2. The van der Waals surface area contributed by atoms with E-state index in [1.54, 1.807) is 23.2 Å². The molecule has 0 unspecified atom stereocenters. The van der Waals surface area contributed by atoms with Crippen molar-refractivity contribution in [1.29, 1.82) is 0 Å². The van der Waals surface area contributed by atoms with Gasteiger partial charge in [0.15, 0.2) is 0 Å². The lowest BCUT2D eigenvalue weighted by Gasteiger charge is -2.26. The number of hydrogen-bond acceptors (Lipinski definition) is 3. The second-order valence-electron chi connectivity index (χ2n) is 4.88. The number of carbonyl (C=O) groups is 1. The van der Waals surface area contributed by atoms with Gasteiger partial charge in [0.05, 0.1) is 12.1 Å². The quantitative estimate of drug-likeness (QED) is 0.808. The normalized spacial score (nSPS) is 10.8. The lowest BCUT2D eigenvalue weighted by atomic mass is 10.2. The minimum absolute atomic E-state index is 0.0316. The van der Waals surface area contributed by atoms with Gasteiger partial charge in [-0.3, -0.25) is 4.79 Å². The van der Waals surface area contributed by atoms with E-state index >= 15 is 0 Å². The van der Waals surface area contributed by atoms with Gasteiger partial charge in [-0.1, -0.05) is 11.6 Å². The molecule has 4 nitrogen and oxygen atoms in total. The first-order chi connectivity index (χ1) is 9.49. The van der Waals surface area contributed by atoms with Gasteiger partial charge < -0.3 is 9.32 Å². The topological polar surface area (TPSA) is 46.3 Å². The maximum Gasteiger partial charge on any atom is 0.257 e. The van der Waals surface area contributed by atoms with Crippen molar-refractivity contribution in [1.82, 2.24) is 9.88 Å². The van der Waals surface area contributed by atoms with Gasteiger partial charge in [-0.25, -0.2) is 4.98 Å². The second kappa shape index (κ2) is 6.09. The molecule has 2 heterocycles. The van der Waals surface area contributed by atoms with Crippen LogP contribution in [0.5, 0.6) is 0 Å². The molecule has 0 fully saturated rings. The third-order valence-corrected chi connectivity index (χ3v) is 3.30. The van der Waals surface area contributed by atoms with Crippen LogP contribution >= 0.6 is 11.6 Å². The smallest absolute Gasteiger partial charge is 0.257 e. The lowest BCUT2D eigenvalue weighted by Crippen LogP contribution is -2.36. The van der Waals surface area contributed by atoms with E-state index < -0.39 is 0 Å². The molecule has 0 saturated heterocycles. The molecule has 0 aliphatic carbocycles. The predicted octanol–water partition coefficient (Wildman–Crippen LogP) is 3.69. The van der Waals surface area contributed by atoms with Crippen molar-refractivity contribution < 1.29 is 9.21 Å². The number of furan rings is 1. The fourth-order valence-corrected chi connectivity index (χ4v) is 2.13. The first kappa shape index (κ1) is 14.6. The van der Waals surface area contributed by atoms with Crippen LogP contribution in [0.25, 0.3) is 0 Å². The van der Waals surface area contributed by atoms with Crippen molar-refractivity contribution >= 4 is 17.5 Å². The largest absolute Gasteiger partial charge is 0.464 e. The zero-order chi connectivity index (χ0) is 14.7. The summed E-state index contributed by atoms with van der Waals surface area (Å²) < 4.78 is 5.54. The standard InChI is InChI=1S/C15H17ClN2O2/c1-10(2)18(9-12-7-6-11(3)20-12)15(19)13-5-4-8-17-14(13)16/h4-8,10H,9H2,1-3H3. The zero-order valence-corrected chi connectivity index (χ0v) is 12.5. The van der Waals surface area contributed by atoms with Gasteiger partial charge in [-0.2, -0.15) is 0 Å². The third kappa shape index (κ3) is 3.20. The maximum absolute atomic E-state index is 12.6. The Kier molecular flexibility index (Phi) is 4.45. The van der Waals surface area contributed by atoms with Crippen LogP contribution in [0.3, 0.4) is 0 Å². The summed E-state index contributed by atoms with van der Waals surface area (Å²) in [5.41, 5.74) is 0.408. The molecule has 0 N–H and O–H groups in total. The highest BCUT2D eigenvalue weighted by Gasteiger charge is 2.22. The van der Waals surface area contributed by atoms with Crippen molar-refractivity contribution in [3.63, 3.8) is 0 Å². The summed E-state index contributed by atoms with van der Waals surface area (Å²) in [4.78, 5) is 18.2. The van der Waals surface area contributed by atoms with Crippen LogP contribution in [-0.2, 0) is 6.54 Å². The van der Waals surface area contributed by atoms with Crippen LogP contribution in [0, 0.1) is 6.92 Å². The Morgan fingerprint density at radius 2 is 2.15 bits per heavy atom. The van der Waals surface area contributed by atoms with E-state index in [1.807, 2.05) is 32.9 Å². The first-order valence-corrected chi connectivity index (χ1v) is 6.83. The van der Waals surface area contributed by atoms with E-state index in [0.29, 0.717) is 12.1 Å². The average molecular weight is 293 g/mol. The van der Waals surface area contributed by atoms with Gasteiger partial charge >= 0.3 is 0 Å². The molecule has 0 aliphatic heterocycles. The number of carbonyl (C=O) groups excluding carboxylic acids is 1. The van der Waals surface area contributed by atoms with Crippen molar-refractivity contribution in [3.05, 3.63) is 52.7 Å². The number of aryl methyl sites for hydroxylation is 1. The van der Waals surface area contributed by atoms with Crippen LogP contribution < -0.4 is 0 Å². The number of halogens is 1. The highest BCUT2D eigenvalue weighted by molar-refractivity contribution is 6.32. The molecule has 20 heavy (non-hydrogen) atoms. The molecule has 0 saturated carbocycles. The Morgan fingerprint density at radius 1 is 1.40 bits per heavy atom. The number of amides is 1. The summed E-state index contributed by atoms with van der Waals surface area (Å²) in [7, 11) is 0. The van der Waals surface area contributed by atoms with E-state index in [2.05, 4.69) is 4.98 Å². The number of rotatable bonds is 4. The van der Waals surface area contributed by atoms with Crippen LogP contribution in [0.2, 0.25) is 5.15 Å². The molecule has 0 radical (unpaired) electrons. The van der Waals surface area contributed by atoms with Crippen molar-refractivity contribution in [3.8, 4) is 0 Å². The van der Waals surface area contributed by atoms with Gasteiger partial charge in [0.2, 0.25) is 0 Å². The predicted molar refractivity (Wildman–Crippen MR) is 77.7 cm³/mol. The minimum Gasteiger partial charge on any atom is -0.464 e. The Hall–Kier alpha value is -1.81. The van der Waals surface area contributed by atoms with Crippen LogP contribution in [0.4, 0.5) is 0 Å². The van der Waals surface area contributed by atoms with Gasteiger partial charge in [-0.15, -0.1) is 0 Å². The van der Waals surface area contributed by atoms with Gasteiger partial charge in [0.25, 0.3) is 5.91 Å². The molecule has 0 bridgehead atoms. The minimum atomic E-state index is -0.146. The molecule has 2 rings (SSSR count). The Balaban J connectivity index is 2.25. The lowest BCUT2D eigenvalue weighted by molar-refractivity contribution is 0.0675. The van der Waals surface area contributed by atoms with E-state index in [0.717, 1.165) is 11.5 Å². The number of hydrogen-bond donors (Lipinski definition) is 0. The van der Waals surface area contributed by atoms with E-state index in [9.17, 15) is 4.79 Å². The maximum atomic E-state index is 12.6. The number of aromatic nitrogens is 1. The third-order valence-electron chi connectivity index (χ3n) is 3.00. The van der Waals surface area contributed by atoms with E-state index in [-0.39, 0.29) is 17.1 Å². The summed E-state index contributed by atoms with van der Waals surface area (Å²) in [5.74, 6) is 1.44. The van der Waals surface area contributed by atoms with Crippen LogP contribution in [0.15, 0.2) is 34.9 Å². The summed E-state index contributed by atoms with van der Waals surface area (Å²) >= 11 is 5.99. The molecule has 0 spiro atoms. The molecule has 0 atom stereocenters. The molecule has 1 amide bonds. The summed E-state index contributed by atoms with van der Waals surface area (Å²) in [5, 5.41) is 0.221. The molecule has 5 heteroatoms. The van der Waals surface area contributed by atoms with E-state index in [4.69, 9.17) is 16.0 Å². The van der Waals surface area contributed by atoms with Crippen molar-refractivity contribution in [2.75, 3.05) is 0 Å². The van der Waals surface area contributed by atoms with Gasteiger partial charge in [-0.05, 0) is 45.0 Å². The molecule has 2 aromatic rings. The van der Waals surface area contributed by atoms with Gasteiger partial charge in [0.1, 0.15) is 16.7 Å². The highest BCUT2D eigenvalue weighted by Crippen LogP contribution is 2.19. The van der Waals surface area contributed by atoms with E-state index in [1.165, 1.54) is 0 Å². The highest BCUT2D eigenvalue weighted by atomic mass is 35.5. The molecular formula is C15H17ClN2O2. The molecule has 0 aromatic carbocycles. The first-order valence-electron chi connectivity index (χ1n) is 6.46. The fourth-order valence-electron chi connectivity index (χ4n) is 1.93. The summed E-state index contributed by atoms with van der Waals surface area (Å²) in [6.45, 7) is 6.20. The van der Waals surface area contributed by atoms with Crippen molar-refractivity contribution in [2.45, 2.75) is 33.4 Å². The van der Waals surface area contributed by atoms with Crippen molar-refractivity contribution in [2.24, 2.45) is 0 Å².